The van der Waals surface area contributed by atoms with Gasteiger partial charge in [0.05, 0.1) is 16.8 Å². The van der Waals surface area contributed by atoms with Crippen molar-refractivity contribution >= 4 is 33.1 Å². The van der Waals surface area contributed by atoms with E-state index in [1.807, 2.05) is 21.0 Å². The van der Waals surface area contributed by atoms with Gasteiger partial charge in [-0.2, -0.15) is 5.10 Å². The fourth-order valence-corrected chi connectivity index (χ4v) is 3.63. The maximum atomic E-state index is 12.6. The summed E-state index contributed by atoms with van der Waals surface area (Å²) in [6.45, 7) is 6.11. The molecule has 0 spiro atoms. The van der Waals surface area contributed by atoms with E-state index in [-0.39, 0.29) is 11.9 Å². The molecule has 0 aliphatic rings. The zero-order chi connectivity index (χ0) is 15.0. The Kier molecular flexibility index (Phi) is 4.04. The third kappa shape index (κ3) is 2.28. The van der Waals surface area contributed by atoms with E-state index >= 15 is 0 Å². The van der Waals surface area contributed by atoms with Crippen molar-refractivity contribution in [2.24, 2.45) is 7.05 Å². The summed E-state index contributed by atoms with van der Waals surface area (Å²) in [6.07, 6.45) is 2.05. The van der Waals surface area contributed by atoms with Gasteiger partial charge in [-0.05, 0) is 20.3 Å². The average Bonchev–Trinajstić information content (AvgIpc) is 2.88. The monoisotopic (exact) mass is 294 g/mol. The van der Waals surface area contributed by atoms with Gasteiger partial charge in [0.15, 0.2) is 0 Å². The fourth-order valence-electron chi connectivity index (χ4n) is 2.46. The van der Waals surface area contributed by atoms with Crippen molar-refractivity contribution in [3.8, 4) is 0 Å². The van der Waals surface area contributed by atoms with Gasteiger partial charge in [0.1, 0.15) is 9.71 Å². The predicted molar refractivity (Wildman–Crippen MR) is 84.2 cm³/mol. The first-order valence-corrected chi connectivity index (χ1v) is 7.68. The number of thiophene rings is 1. The number of nitrogen functional groups attached to an aromatic ring is 1. The van der Waals surface area contributed by atoms with E-state index in [4.69, 9.17) is 5.73 Å². The second-order valence-corrected chi connectivity index (χ2v) is 6.29. The van der Waals surface area contributed by atoms with Crippen LogP contribution in [0.15, 0.2) is 0 Å². The molecule has 0 aromatic carbocycles. The number of hydrogen-bond acceptors (Lipinski definition) is 4. The summed E-state index contributed by atoms with van der Waals surface area (Å²) < 4.78 is 1.79. The molecule has 2 aromatic rings. The van der Waals surface area contributed by atoms with Gasteiger partial charge in [-0.3, -0.25) is 9.48 Å². The van der Waals surface area contributed by atoms with Crippen LogP contribution in [0.25, 0.3) is 10.2 Å². The molecule has 1 unspecified atom stereocenters. The Morgan fingerprint density at radius 2 is 2.20 bits per heavy atom. The van der Waals surface area contributed by atoms with Crippen molar-refractivity contribution in [3.63, 3.8) is 0 Å². The Morgan fingerprint density at radius 3 is 2.75 bits per heavy atom. The minimum Gasteiger partial charge on any atom is -0.397 e. The highest BCUT2D eigenvalue weighted by atomic mass is 32.1. The maximum absolute atomic E-state index is 12.6. The van der Waals surface area contributed by atoms with E-state index in [0.29, 0.717) is 10.6 Å². The Hall–Kier alpha value is -1.56. The Morgan fingerprint density at radius 1 is 1.55 bits per heavy atom. The van der Waals surface area contributed by atoms with Crippen LogP contribution in [0.5, 0.6) is 0 Å². The highest BCUT2D eigenvalue weighted by Gasteiger charge is 2.25. The Labute approximate surface area is 123 Å². The number of amides is 1. The molecule has 2 rings (SSSR count). The molecule has 1 amide bonds. The number of carbonyl (C=O) groups is 1. The molecule has 1 atom stereocenters. The standard InChI is InChI=1S/C14H22N4OS/c1-6-7-8(2)17(4)13(19)12-11(15)10-9(3)16-18(5)14(10)20-12/h8H,6-7,15H2,1-5H3. The summed E-state index contributed by atoms with van der Waals surface area (Å²) in [5, 5.41) is 5.26. The van der Waals surface area contributed by atoms with Gasteiger partial charge >= 0.3 is 0 Å². The Bertz CT molecular complexity index is 643. The topological polar surface area (TPSA) is 64.2 Å². The van der Waals surface area contributed by atoms with Crippen LogP contribution >= 0.6 is 11.3 Å². The number of hydrogen-bond donors (Lipinski definition) is 1. The van der Waals surface area contributed by atoms with E-state index in [1.165, 1.54) is 11.3 Å². The van der Waals surface area contributed by atoms with Crippen molar-refractivity contribution in [2.45, 2.75) is 39.7 Å². The van der Waals surface area contributed by atoms with Gasteiger partial charge in [-0.1, -0.05) is 13.3 Å². The van der Waals surface area contributed by atoms with E-state index in [2.05, 4.69) is 18.9 Å². The van der Waals surface area contributed by atoms with E-state index < -0.39 is 0 Å². The molecule has 2 aromatic heterocycles. The minimum absolute atomic E-state index is 0.00375. The molecule has 0 saturated heterocycles. The van der Waals surface area contributed by atoms with Crippen LogP contribution in [-0.2, 0) is 7.05 Å². The number of fused-ring (bicyclic) bond motifs is 1. The molecule has 0 saturated carbocycles. The summed E-state index contributed by atoms with van der Waals surface area (Å²) in [5.41, 5.74) is 7.62. The fraction of sp³-hybridized carbons (Fsp3) is 0.571. The SMILES string of the molecule is CCCC(C)N(C)C(=O)c1sc2c(c(C)nn2C)c1N. The molecule has 2 N–H and O–H groups in total. The van der Waals surface area contributed by atoms with Crippen LogP contribution in [-0.4, -0.2) is 33.7 Å². The van der Waals surface area contributed by atoms with Crippen LogP contribution in [0.2, 0.25) is 0 Å². The first kappa shape index (κ1) is 14.8. The summed E-state index contributed by atoms with van der Waals surface area (Å²) in [5.74, 6) is 0.00375. The number of anilines is 1. The maximum Gasteiger partial charge on any atom is 0.266 e. The quantitative estimate of drug-likeness (QED) is 0.943. The number of aryl methyl sites for hydroxylation is 2. The van der Waals surface area contributed by atoms with Crippen molar-refractivity contribution in [1.82, 2.24) is 14.7 Å². The second kappa shape index (κ2) is 5.44. The van der Waals surface area contributed by atoms with E-state index in [9.17, 15) is 4.79 Å². The molecule has 2 heterocycles. The largest absolute Gasteiger partial charge is 0.397 e. The van der Waals surface area contributed by atoms with Gasteiger partial charge in [0.25, 0.3) is 5.91 Å². The number of aromatic nitrogens is 2. The molecule has 6 heteroatoms. The molecule has 0 fully saturated rings. The normalized spacial score (nSPS) is 12.8. The molecule has 110 valence electrons. The number of nitrogens with two attached hydrogens (primary N) is 1. The van der Waals surface area contributed by atoms with E-state index in [1.54, 1.807) is 9.58 Å². The molecule has 20 heavy (non-hydrogen) atoms. The smallest absolute Gasteiger partial charge is 0.266 e. The van der Waals surface area contributed by atoms with Crippen LogP contribution in [0.4, 0.5) is 5.69 Å². The minimum atomic E-state index is 0.00375. The summed E-state index contributed by atoms with van der Waals surface area (Å²) in [7, 11) is 3.72. The number of rotatable bonds is 4. The van der Waals surface area contributed by atoms with Gasteiger partial charge in [-0.25, -0.2) is 0 Å². The highest BCUT2D eigenvalue weighted by Crippen LogP contribution is 2.36. The summed E-state index contributed by atoms with van der Waals surface area (Å²) in [4.78, 5) is 16.0. The van der Waals surface area contributed by atoms with Crippen molar-refractivity contribution in [2.75, 3.05) is 12.8 Å². The summed E-state index contributed by atoms with van der Waals surface area (Å²) >= 11 is 1.43. The second-order valence-electron chi connectivity index (χ2n) is 5.29. The van der Waals surface area contributed by atoms with Gasteiger partial charge < -0.3 is 10.6 Å². The molecular formula is C14H22N4OS. The van der Waals surface area contributed by atoms with Crippen molar-refractivity contribution < 1.29 is 4.79 Å². The predicted octanol–water partition coefficient (Wildman–Crippen LogP) is 2.79. The first-order chi connectivity index (χ1) is 9.38. The summed E-state index contributed by atoms with van der Waals surface area (Å²) in [6, 6.07) is 0.219. The molecule has 5 nitrogen and oxygen atoms in total. The number of carbonyl (C=O) groups excluding carboxylic acids is 1. The molecule has 0 bridgehead atoms. The van der Waals surface area contributed by atoms with Crippen LogP contribution in [0.3, 0.4) is 0 Å². The molecule has 0 aliphatic heterocycles. The molecular weight excluding hydrogens is 272 g/mol. The zero-order valence-electron chi connectivity index (χ0n) is 12.7. The van der Waals surface area contributed by atoms with Crippen molar-refractivity contribution in [1.29, 1.82) is 0 Å². The lowest BCUT2D eigenvalue weighted by Crippen LogP contribution is -2.34. The van der Waals surface area contributed by atoms with Gasteiger partial charge in [0, 0.05) is 20.1 Å². The lowest BCUT2D eigenvalue weighted by atomic mass is 10.1. The third-order valence-electron chi connectivity index (χ3n) is 3.76. The van der Waals surface area contributed by atoms with E-state index in [0.717, 1.165) is 28.8 Å². The lowest BCUT2D eigenvalue weighted by Gasteiger charge is -2.24. The average molecular weight is 294 g/mol. The van der Waals surface area contributed by atoms with Gasteiger partial charge in [0.2, 0.25) is 0 Å². The van der Waals surface area contributed by atoms with Crippen molar-refractivity contribution in [3.05, 3.63) is 10.6 Å². The van der Waals surface area contributed by atoms with Crippen LogP contribution in [0.1, 0.15) is 42.1 Å². The Balaban J connectivity index is 2.40. The number of nitrogens with zero attached hydrogens (tertiary/aromatic N) is 3. The first-order valence-electron chi connectivity index (χ1n) is 6.87. The zero-order valence-corrected chi connectivity index (χ0v) is 13.5. The molecule has 0 radical (unpaired) electrons. The van der Waals surface area contributed by atoms with Crippen LogP contribution in [0, 0.1) is 6.92 Å². The van der Waals surface area contributed by atoms with Gasteiger partial charge in [-0.15, -0.1) is 11.3 Å². The highest BCUT2D eigenvalue weighted by molar-refractivity contribution is 7.21. The van der Waals surface area contributed by atoms with Crippen LogP contribution < -0.4 is 5.73 Å². The lowest BCUT2D eigenvalue weighted by molar-refractivity contribution is 0.0742. The third-order valence-corrected chi connectivity index (χ3v) is 5.02. The molecule has 0 aliphatic carbocycles.